The summed E-state index contributed by atoms with van der Waals surface area (Å²) in [4.78, 5) is 12.8. The summed E-state index contributed by atoms with van der Waals surface area (Å²) < 4.78 is 42.5. The minimum Gasteiger partial charge on any atom is -0.362 e. The second kappa shape index (κ2) is 8.37. The number of halogens is 6. The van der Waals surface area contributed by atoms with Crippen molar-refractivity contribution in [2.24, 2.45) is 0 Å². The van der Waals surface area contributed by atoms with Crippen LogP contribution in [0, 0.1) is 0 Å². The fourth-order valence-corrected chi connectivity index (χ4v) is 4.26. The van der Waals surface area contributed by atoms with Crippen molar-refractivity contribution in [1.82, 2.24) is 9.78 Å². The van der Waals surface area contributed by atoms with E-state index >= 15 is 0 Å². The summed E-state index contributed by atoms with van der Waals surface area (Å²) in [5, 5.41) is 10.2. The molecule has 5 nitrogen and oxygen atoms in total. The molecule has 0 aliphatic carbocycles. The van der Waals surface area contributed by atoms with Gasteiger partial charge in [-0.3, -0.25) is 4.79 Å². The van der Waals surface area contributed by atoms with Crippen LogP contribution in [0.1, 0.15) is 34.6 Å². The van der Waals surface area contributed by atoms with E-state index in [4.69, 9.17) is 23.2 Å². The van der Waals surface area contributed by atoms with E-state index in [1.165, 1.54) is 18.2 Å². The maximum absolute atomic E-state index is 13.8. The number of aromatic nitrogens is 2. The van der Waals surface area contributed by atoms with Crippen molar-refractivity contribution in [1.29, 1.82) is 0 Å². The van der Waals surface area contributed by atoms with E-state index in [-0.39, 0.29) is 27.4 Å². The zero-order valence-corrected chi connectivity index (χ0v) is 18.6. The van der Waals surface area contributed by atoms with Gasteiger partial charge in [-0.15, -0.1) is 0 Å². The monoisotopic (exact) mass is 532 g/mol. The Morgan fingerprint density at radius 1 is 1.16 bits per heavy atom. The molecule has 11 heteroatoms. The lowest BCUT2D eigenvalue weighted by molar-refractivity contribution is -0.173. The standard InChI is InChI=1S/C20H14BrCl2F3N4O/c21-16-17(19(31)27-11-6-7-12(22)13(23)8-11)29-30-15(20(24,25)26)9-14(28-18(16)30)10-4-2-1-3-5-10/h1-8,14-15,28H,9H2,(H,27,31). The third-order valence-electron chi connectivity index (χ3n) is 4.89. The first-order valence-corrected chi connectivity index (χ1v) is 10.6. The Balaban J connectivity index is 1.69. The lowest BCUT2D eigenvalue weighted by atomic mass is 9.97. The Kier molecular flexibility index (Phi) is 5.93. The molecule has 1 aliphatic rings. The van der Waals surface area contributed by atoms with Gasteiger partial charge >= 0.3 is 6.18 Å². The van der Waals surface area contributed by atoms with Crippen molar-refractivity contribution >= 4 is 56.5 Å². The SMILES string of the molecule is O=C(Nc1ccc(Cl)c(Cl)c1)c1nn2c(c1Br)NC(c1ccccc1)CC2C(F)(F)F. The van der Waals surface area contributed by atoms with Gasteiger partial charge in [0, 0.05) is 12.1 Å². The molecule has 0 radical (unpaired) electrons. The molecule has 4 rings (SSSR count). The number of nitrogens with one attached hydrogen (secondary N) is 2. The van der Waals surface area contributed by atoms with E-state index in [0.717, 1.165) is 4.68 Å². The van der Waals surface area contributed by atoms with E-state index in [2.05, 4.69) is 31.7 Å². The van der Waals surface area contributed by atoms with Crippen molar-refractivity contribution in [3.05, 3.63) is 74.3 Å². The highest BCUT2D eigenvalue weighted by Gasteiger charge is 2.47. The number of nitrogens with zero attached hydrogens (tertiary/aromatic N) is 2. The summed E-state index contributed by atoms with van der Waals surface area (Å²) in [7, 11) is 0. The fourth-order valence-electron chi connectivity index (χ4n) is 3.40. The Morgan fingerprint density at radius 3 is 2.52 bits per heavy atom. The Morgan fingerprint density at radius 2 is 1.87 bits per heavy atom. The van der Waals surface area contributed by atoms with E-state index in [1.54, 1.807) is 30.3 Å². The second-order valence-corrected chi connectivity index (χ2v) is 8.55. The van der Waals surface area contributed by atoms with Crippen LogP contribution in [0.5, 0.6) is 0 Å². The molecule has 2 aromatic carbocycles. The molecular formula is C20H14BrCl2F3N4O. The van der Waals surface area contributed by atoms with Crippen molar-refractivity contribution in [3.8, 4) is 0 Å². The zero-order chi connectivity index (χ0) is 22.3. The number of hydrogen-bond acceptors (Lipinski definition) is 3. The van der Waals surface area contributed by atoms with Crippen LogP contribution >= 0.6 is 39.1 Å². The molecule has 0 bridgehead atoms. The molecule has 3 aromatic rings. The van der Waals surface area contributed by atoms with E-state index in [9.17, 15) is 18.0 Å². The highest BCUT2D eigenvalue weighted by atomic mass is 79.9. The summed E-state index contributed by atoms with van der Waals surface area (Å²) in [6.45, 7) is 0. The Labute approximate surface area is 193 Å². The fraction of sp³-hybridized carbons (Fsp3) is 0.200. The number of hydrogen-bond donors (Lipinski definition) is 2. The maximum atomic E-state index is 13.8. The lowest BCUT2D eigenvalue weighted by Crippen LogP contribution is -2.35. The van der Waals surface area contributed by atoms with Gasteiger partial charge in [0.2, 0.25) is 0 Å². The highest BCUT2D eigenvalue weighted by molar-refractivity contribution is 9.10. The van der Waals surface area contributed by atoms with Gasteiger partial charge in [-0.05, 0) is 39.7 Å². The quantitative estimate of drug-likeness (QED) is 0.386. The largest absolute Gasteiger partial charge is 0.410 e. The second-order valence-electron chi connectivity index (χ2n) is 6.94. The topological polar surface area (TPSA) is 59.0 Å². The van der Waals surface area contributed by atoms with Gasteiger partial charge in [0.15, 0.2) is 11.7 Å². The molecule has 1 amide bonds. The first kappa shape index (κ1) is 22.0. The number of rotatable bonds is 3. The first-order valence-electron chi connectivity index (χ1n) is 9.07. The van der Waals surface area contributed by atoms with Gasteiger partial charge in [0.25, 0.3) is 5.91 Å². The molecule has 1 aliphatic heterocycles. The molecule has 1 aromatic heterocycles. The summed E-state index contributed by atoms with van der Waals surface area (Å²) in [5.74, 6) is -0.604. The molecule has 0 spiro atoms. The number of carbonyl (C=O) groups excluding carboxylic acids is 1. The number of amides is 1. The van der Waals surface area contributed by atoms with Crippen molar-refractivity contribution in [2.75, 3.05) is 10.6 Å². The van der Waals surface area contributed by atoms with Crippen LogP contribution in [0.25, 0.3) is 0 Å². The minimum absolute atomic E-state index is 0.0849. The number of anilines is 2. The van der Waals surface area contributed by atoms with Crippen LogP contribution < -0.4 is 10.6 Å². The maximum Gasteiger partial charge on any atom is 0.410 e. The van der Waals surface area contributed by atoms with Crippen LogP contribution in [0.15, 0.2) is 53.0 Å². The summed E-state index contributed by atoms with van der Waals surface area (Å²) in [5.41, 5.74) is 0.856. The van der Waals surface area contributed by atoms with Gasteiger partial charge in [-0.25, -0.2) is 4.68 Å². The lowest BCUT2D eigenvalue weighted by Gasteiger charge is -2.33. The number of benzene rings is 2. The van der Waals surface area contributed by atoms with E-state index in [0.29, 0.717) is 16.3 Å². The van der Waals surface area contributed by atoms with Crippen LogP contribution in [-0.2, 0) is 0 Å². The molecule has 2 N–H and O–H groups in total. The predicted molar refractivity (Wildman–Crippen MR) is 117 cm³/mol. The van der Waals surface area contributed by atoms with E-state index in [1.807, 2.05) is 0 Å². The smallest absolute Gasteiger partial charge is 0.362 e. The van der Waals surface area contributed by atoms with Crippen LogP contribution in [-0.4, -0.2) is 21.9 Å². The van der Waals surface area contributed by atoms with Gasteiger partial charge in [0.05, 0.1) is 20.6 Å². The molecule has 0 fully saturated rings. The molecule has 2 unspecified atom stereocenters. The number of fused-ring (bicyclic) bond motifs is 1. The van der Waals surface area contributed by atoms with Crippen molar-refractivity contribution in [2.45, 2.75) is 24.7 Å². The van der Waals surface area contributed by atoms with Crippen LogP contribution in [0.4, 0.5) is 24.7 Å². The average Bonchev–Trinajstić information content (AvgIpc) is 3.06. The highest BCUT2D eigenvalue weighted by Crippen LogP contribution is 2.46. The molecule has 2 atom stereocenters. The summed E-state index contributed by atoms with van der Waals surface area (Å²) in [6.07, 6.45) is -4.81. The van der Waals surface area contributed by atoms with Gasteiger partial charge in [-0.2, -0.15) is 18.3 Å². The molecule has 0 saturated carbocycles. The van der Waals surface area contributed by atoms with E-state index < -0.39 is 24.2 Å². The average molecular weight is 534 g/mol. The Hall–Kier alpha value is -2.23. The first-order chi connectivity index (χ1) is 14.6. The van der Waals surface area contributed by atoms with Crippen molar-refractivity contribution < 1.29 is 18.0 Å². The third-order valence-corrected chi connectivity index (χ3v) is 6.38. The minimum atomic E-state index is -4.55. The Bertz CT molecular complexity index is 1140. The molecule has 2 heterocycles. The predicted octanol–water partition coefficient (Wildman–Crippen LogP) is 6.87. The van der Waals surface area contributed by atoms with Crippen LogP contribution in [0.3, 0.4) is 0 Å². The zero-order valence-electron chi connectivity index (χ0n) is 15.6. The van der Waals surface area contributed by atoms with Crippen molar-refractivity contribution in [3.63, 3.8) is 0 Å². The number of alkyl halides is 3. The number of carbonyl (C=O) groups is 1. The summed E-state index contributed by atoms with van der Waals surface area (Å²) in [6, 6.07) is 10.8. The molecule has 162 valence electrons. The van der Waals surface area contributed by atoms with Gasteiger partial charge < -0.3 is 10.6 Å². The molecular weight excluding hydrogens is 520 g/mol. The van der Waals surface area contributed by atoms with Crippen LogP contribution in [0.2, 0.25) is 10.0 Å². The molecule has 0 saturated heterocycles. The third kappa shape index (κ3) is 4.40. The molecule has 31 heavy (non-hydrogen) atoms. The summed E-state index contributed by atoms with van der Waals surface area (Å²) >= 11 is 15.1. The normalized spacial score (nSPS) is 18.3. The van der Waals surface area contributed by atoms with Gasteiger partial charge in [0.1, 0.15) is 5.82 Å². The van der Waals surface area contributed by atoms with Gasteiger partial charge in [-0.1, -0.05) is 53.5 Å².